The number of aldehydes is 1. The number of nitrogens with one attached hydrogen (secondary N) is 1. The van der Waals surface area contributed by atoms with Crippen molar-refractivity contribution < 1.29 is 13.6 Å². The Bertz CT molecular complexity index is 1120. The minimum Gasteiger partial charge on any atom is -0.339 e. The van der Waals surface area contributed by atoms with Gasteiger partial charge in [-0.2, -0.15) is 0 Å². The molecule has 0 saturated heterocycles. The smallest absolute Gasteiger partial charge is 0.196 e. The van der Waals surface area contributed by atoms with E-state index in [1.54, 1.807) is 22.6 Å². The van der Waals surface area contributed by atoms with E-state index in [0.29, 0.717) is 27.9 Å². The monoisotopic (exact) mass is 403 g/mol. The highest BCUT2D eigenvalue weighted by atomic mass is 35.5. The third kappa shape index (κ3) is 3.20. The molecule has 1 N–H and O–H groups in total. The van der Waals surface area contributed by atoms with Crippen LogP contribution in [0.4, 0.5) is 20.3 Å². The quantitative estimate of drug-likeness (QED) is 0.449. The predicted molar refractivity (Wildman–Crippen MR) is 103 cm³/mol. The van der Waals surface area contributed by atoms with Gasteiger partial charge in [0.25, 0.3) is 0 Å². The van der Waals surface area contributed by atoms with Crippen LogP contribution < -0.4 is 5.32 Å². The van der Waals surface area contributed by atoms with Crippen molar-refractivity contribution in [3.63, 3.8) is 0 Å². The van der Waals surface area contributed by atoms with Gasteiger partial charge in [-0.25, -0.2) is 13.8 Å². The van der Waals surface area contributed by atoms with Crippen LogP contribution in [0.5, 0.6) is 0 Å². The first-order valence-corrected chi connectivity index (χ1v) is 9.23. The van der Waals surface area contributed by atoms with Gasteiger partial charge in [0.05, 0.1) is 10.6 Å². The van der Waals surface area contributed by atoms with Gasteiger partial charge < -0.3 is 10.1 Å². The summed E-state index contributed by atoms with van der Waals surface area (Å²) in [5.74, 6) is -0.414. The number of nitrogens with zero attached hydrogens (tertiary/aromatic N) is 2. The summed E-state index contributed by atoms with van der Waals surface area (Å²) >= 11 is 7.57. The number of carbonyl (C=O) groups excluding carboxylic acids is 1. The Labute approximate surface area is 162 Å². The van der Waals surface area contributed by atoms with E-state index in [-0.39, 0.29) is 22.8 Å². The average Bonchev–Trinajstić information content (AvgIpc) is 3.18. The Morgan fingerprint density at radius 1 is 1.19 bits per heavy atom. The van der Waals surface area contributed by atoms with Gasteiger partial charge in [0.1, 0.15) is 29.4 Å². The molecule has 0 aliphatic rings. The lowest BCUT2D eigenvalue weighted by atomic mass is 10.1. The molecule has 0 saturated carbocycles. The van der Waals surface area contributed by atoms with E-state index in [1.807, 2.05) is 5.38 Å². The van der Waals surface area contributed by atoms with Gasteiger partial charge in [-0.05, 0) is 36.4 Å². The second-order valence-electron chi connectivity index (χ2n) is 5.75. The minimum absolute atomic E-state index is 0.164. The number of fused-ring (bicyclic) bond motifs is 1. The van der Waals surface area contributed by atoms with Crippen LogP contribution >= 0.6 is 22.9 Å². The van der Waals surface area contributed by atoms with E-state index in [9.17, 15) is 13.6 Å². The third-order valence-electron chi connectivity index (χ3n) is 4.03. The first kappa shape index (κ1) is 17.6. The predicted octanol–water partition coefficient (Wildman–Crippen LogP) is 5.48. The van der Waals surface area contributed by atoms with Crippen molar-refractivity contribution in [1.82, 2.24) is 9.38 Å². The fourth-order valence-corrected chi connectivity index (χ4v) is 3.98. The Balaban J connectivity index is 1.95. The highest BCUT2D eigenvalue weighted by Crippen LogP contribution is 2.38. The zero-order valence-electron chi connectivity index (χ0n) is 13.7. The van der Waals surface area contributed by atoms with Gasteiger partial charge in [-0.3, -0.25) is 4.40 Å². The van der Waals surface area contributed by atoms with Gasteiger partial charge in [0.15, 0.2) is 4.96 Å². The zero-order chi connectivity index (χ0) is 19.0. The van der Waals surface area contributed by atoms with Crippen molar-refractivity contribution in [3.8, 4) is 11.3 Å². The van der Waals surface area contributed by atoms with Crippen LogP contribution in [-0.2, 0) is 11.2 Å². The molecule has 0 aliphatic heterocycles. The van der Waals surface area contributed by atoms with Crippen LogP contribution in [0, 0.1) is 11.6 Å². The van der Waals surface area contributed by atoms with Crippen molar-refractivity contribution in [2.24, 2.45) is 0 Å². The topological polar surface area (TPSA) is 46.4 Å². The lowest BCUT2D eigenvalue weighted by Gasteiger charge is -2.11. The molecule has 0 atom stereocenters. The van der Waals surface area contributed by atoms with Crippen LogP contribution in [-0.4, -0.2) is 15.7 Å². The molecular formula is C19H12ClF2N3OS. The number of imidazole rings is 1. The molecule has 8 heteroatoms. The van der Waals surface area contributed by atoms with Gasteiger partial charge in [-0.1, -0.05) is 17.7 Å². The molecule has 2 aromatic heterocycles. The summed E-state index contributed by atoms with van der Waals surface area (Å²) in [6.45, 7) is 0. The van der Waals surface area contributed by atoms with Crippen molar-refractivity contribution in [2.45, 2.75) is 6.42 Å². The maximum absolute atomic E-state index is 14.5. The molecule has 0 unspecified atom stereocenters. The number of aromatic nitrogens is 2. The molecule has 0 fully saturated rings. The molecule has 27 heavy (non-hydrogen) atoms. The Kier molecular flexibility index (Phi) is 4.63. The summed E-state index contributed by atoms with van der Waals surface area (Å²) in [5, 5.41) is 5.20. The van der Waals surface area contributed by atoms with Crippen molar-refractivity contribution in [2.75, 3.05) is 5.32 Å². The normalized spacial score (nSPS) is 11.1. The number of carbonyl (C=O) groups is 1. The molecule has 4 nitrogen and oxygen atoms in total. The molecule has 136 valence electrons. The molecule has 0 radical (unpaired) electrons. The summed E-state index contributed by atoms with van der Waals surface area (Å²) in [6.07, 6.45) is 0.970. The molecule has 4 aromatic rings. The van der Waals surface area contributed by atoms with Gasteiger partial charge in [-0.15, -0.1) is 11.3 Å². The molecule has 2 aromatic carbocycles. The largest absolute Gasteiger partial charge is 0.339 e. The number of benzene rings is 2. The molecule has 0 amide bonds. The minimum atomic E-state index is -0.507. The fourth-order valence-electron chi connectivity index (χ4n) is 2.83. The number of halogens is 3. The molecule has 2 heterocycles. The zero-order valence-corrected chi connectivity index (χ0v) is 15.3. The summed E-state index contributed by atoms with van der Waals surface area (Å²) in [7, 11) is 0. The Morgan fingerprint density at radius 3 is 2.67 bits per heavy atom. The lowest BCUT2D eigenvalue weighted by molar-refractivity contribution is -0.107. The van der Waals surface area contributed by atoms with Crippen LogP contribution in [0.3, 0.4) is 0 Å². The van der Waals surface area contributed by atoms with Gasteiger partial charge in [0.2, 0.25) is 0 Å². The lowest BCUT2D eigenvalue weighted by Crippen LogP contribution is -2.01. The summed E-state index contributed by atoms with van der Waals surface area (Å²) in [5.41, 5.74) is 1.79. The molecule has 0 aliphatic carbocycles. The highest BCUT2D eigenvalue weighted by molar-refractivity contribution is 7.15. The van der Waals surface area contributed by atoms with Crippen molar-refractivity contribution in [1.29, 1.82) is 0 Å². The summed E-state index contributed by atoms with van der Waals surface area (Å²) in [4.78, 5) is 16.2. The van der Waals surface area contributed by atoms with E-state index in [2.05, 4.69) is 10.3 Å². The second-order valence-corrected chi connectivity index (χ2v) is 7.00. The van der Waals surface area contributed by atoms with Gasteiger partial charge >= 0.3 is 0 Å². The van der Waals surface area contributed by atoms with E-state index >= 15 is 0 Å². The molecule has 0 bridgehead atoms. The SMILES string of the molecule is O=CCc1csc2nc(-c3c(F)cccc3Cl)c(Nc3ccc(F)cc3)n12. The molecular weight excluding hydrogens is 392 g/mol. The number of anilines is 2. The number of thiazole rings is 1. The molecule has 4 rings (SSSR count). The standard InChI is InChI=1S/C19H12ClF2N3OS/c20-14-2-1-3-15(22)16(14)17-18(23-12-6-4-11(21)5-7-12)25-13(8-9-26)10-27-19(25)24-17/h1-7,9-10,23H,8H2. The maximum atomic E-state index is 14.5. The highest BCUT2D eigenvalue weighted by Gasteiger charge is 2.22. The number of hydrogen-bond acceptors (Lipinski definition) is 4. The van der Waals surface area contributed by atoms with Gasteiger partial charge in [0, 0.05) is 23.2 Å². The summed E-state index contributed by atoms with van der Waals surface area (Å²) in [6, 6.07) is 10.2. The van der Waals surface area contributed by atoms with Crippen LogP contribution in [0.1, 0.15) is 5.69 Å². The van der Waals surface area contributed by atoms with E-state index < -0.39 is 5.82 Å². The fraction of sp³-hybridized carbons (Fsp3) is 0.0526. The van der Waals surface area contributed by atoms with Crippen LogP contribution in [0.25, 0.3) is 16.2 Å². The van der Waals surface area contributed by atoms with E-state index in [0.717, 1.165) is 6.29 Å². The average molecular weight is 404 g/mol. The van der Waals surface area contributed by atoms with Crippen molar-refractivity contribution in [3.05, 3.63) is 70.2 Å². The van der Waals surface area contributed by atoms with Crippen LogP contribution in [0.2, 0.25) is 5.02 Å². The number of rotatable bonds is 5. The Morgan fingerprint density at radius 2 is 1.96 bits per heavy atom. The molecule has 0 spiro atoms. The third-order valence-corrected chi connectivity index (χ3v) is 5.22. The first-order valence-electron chi connectivity index (χ1n) is 7.98. The summed E-state index contributed by atoms with van der Waals surface area (Å²) < 4.78 is 29.5. The maximum Gasteiger partial charge on any atom is 0.196 e. The van der Waals surface area contributed by atoms with Crippen molar-refractivity contribution >= 4 is 45.7 Å². The number of hydrogen-bond donors (Lipinski definition) is 1. The van der Waals surface area contributed by atoms with E-state index in [4.69, 9.17) is 11.6 Å². The van der Waals surface area contributed by atoms with Crippen LogP contribution in [0.15, 0.2) is 47.8 Å². The Hall–Kier alpha value is -2.77. The first-order chi connectivity index (χ1) is 13.1. The van der Waals surface area contributed by atoms with E-state index in [1.165, 1.54) is 35.6 Å². The second kappa shape index (κ2) is 7.09.